The van der Waals surface area contributed by atoms with Crippen molar-refractivity contribution < 1.29 is 9.47 Å². The first-order valence-corrected chi connectivity index (χ1v) is 6.23. The summed E-state index contributed by atoms with van der Waals surface area (Å²) in [5, 5.41) is 4.19. The predicted molar refractivity (Wildman–Crippen MR) is 70.1 cm³/mol. The van der Waals surface area contributed by atoms with Gasteiger partial charge in [0.25, 0.3) is 0 Å². The summed E-state index contributed by atoms with van der Waals surface area (Å²) < 4.78 is 12.8. The number of hydrogen-bond acceptors (Lipinski definition) is 3. The molecule has 0 atom stereocenters. The number of aromatic nitrogens is 2. The normalized spacial score (nSPS) is 17.8. The number of aryl methyl sites for hydroxylation is 1. The fourth-order valence-corrected chi connectivity index (χ4v) is 2.20. The maximum Gasteiger partial charge on any atom is 0.191 e. The van der Waals surface area contributed by atoms with Gasteiger partial charge in [-0.1, -0.05) is 17.7 Å². The minimum Gasteiger partial charge on any atom is -0.349 e. The van der Waals surface area contributed by atoms with E-state index < -0.39 is 5.79 Å². The minimum atomic E-state index is -0.574. The highest BCUT2D eigenvalue weighted by Gasteiger charge is 2.28. The van der Waals surface area contributed by atoms with E-state index in [1.165, 1.54) is 5.57 Å². The lowest BCUT2D eigenvalue weighted by atomic mass is 9.95. The lowest BCUT2D eigenvalue weighted by Gasteiger charge is -2.30. The first-order chi connectivity index (χ1) is 8.78. The van der Waals surface area contributed by atoms with Crippen LogP contribution >= 0.6 is 0 Å². The summed E-state index contributed by atoms with van der Waals surface area (Å²) in [5.41, 5.74) is 1.35. The van der Waals surface area contributed by atoms with E-state index in [1.54, 1.807) is 14.2 Å². The van der Waals surface area contributed by atoms with Gasteiger partial charge in [0.1, 0.15) is 0 Å². The molecule has 4 heteroatoms. The van der Waals surface area contributed by atoms with Crippen LogP contribution in [-0.4, -0.2) is 29.8 Å². The Balaban J connectivity index is 1.83. The highest BCUT2D eigenvalue weighted by Crippen LogP contribution is 2.29. The third kappa shape index (κ3) is 3.09. The van der Waals surface area contributed by atoms with Crippen molar-refractivity contribution in [3.8, 4) is 0 Å². The molecule has 2 rings (SSSR count). The van der Waals surface area contributed by atoms with Gasteiger partial charge in [-0.05, 0) is 25.0 Å². The average Bonchev–Trinajstić information content (AvgIpc) is 2.92. The number of nitrogens with zero attached hydrogens (tertiary/aromatic N) is 2. The third-order valence-electron chi connectivity index (χ3n) is 3.29. The maximum atomic E-state index is 5.44. The predicted octanol–water partition coefficient (Wildman–Crippen LogP) is 2.54. The highest BCUT2D eigenvalue weighted by molar-refractivity contribution is 5.23. The summed E-state index contributed by atoms with van der Waals surface area (Å²) in [6.07, 6.45) is 12.8. The molecule has 1 aromatic heterocycles. The van der Waals surface area contributed by atoms with E-state index in [4.69, 9.17) is 9.47 Å². The second-order valence-corrected chi connectivity index (χ2v) is 4.45. The first kappa shape index (κ1) is 13.1. The zero-order chi connectivity index (χ0) is 12.8. The van der Waals surface area contributed by atoms with Crippen LogP contribution in [0, 0.1) is 0 Å². The van der Waals surface area contributed by atoms with Crippen molar-refractivity contribution in [2.75, 3.05) is 14.2 Å². The van der Waals surface area contributed by atoms with Crippen LogP contribution in [0.2, 0.25) is 0 Å². The Bertz CT molecular complexity index is 417. The van der Waals surface area contributed by atoms with Gasteiger partial charge in [0, 0.05) is 39.6 Å². The van der Waals surface area contributed by atoms with E-state index in [0.717, 1.165) is 25.8 Å². The zero-order valence-corrected chi connectivity index (χ0v) is 11.0. The van der Waals surface area contributed by atoms with Gasteiger partial charge in [-0.25, -0.2) is 0 Å². The molecule has 1 aliphatic carbocycles. The van der Waals surface area contributed by atoms with Crippen molar-refractivity contribution in [2.24, 2.45) is 0 Å². The molecule has 1 aromatic rings. The quantitative estimate of drug-likeness (QED) is 0.726. The van der Waals surface area contributed by atoms with Crippen molar-refractivity contribution in [2.45, 2.75) is 31.6 Å². The molecular weight excluding hydrogens is 228 g/mol. The number of methoxy groups -OCH3 is 2. The Hall–Kier alpha value is -1.39. The van der Waals surface area contributed by atoms with Crippen LogP contribution in [-0.2, 0) is 16.0 Å². The molecule has 0 saturated carbocycles. The van der Waals surface area contributed by atoms with Gasteiger partial charge in [0.15, 0.2) is 5.79 Å². The van der Waals surface area contributed by atoms with Crippen LogP contribution in [0.1, 0.15) is 19.3 Å². The van der Waals surface area contributed by atoms with Crippen molar-refractivity contribution in [1.82, 2.24) is 9.78 Å². The van der Waals surface area contributed by atoms with E-state index >= 15 is 0 Å². The van der Waals surface area contributed by atoms with E-state index in [2.05, 4.69) is 11.2 Å². The van der Waals surface area contributed by atoms with Crippen LogP contribution < -0.4 is 0 Å². The Labute approximate surface area is 108 Å². The highest BCUT2D eigenvalue weighted by atomic mass is 16.7. The summed E-state index contributed by atoms with van der Waals surface area (Å²) in [7, 11) is 3.36. The molecule has 98 valence electrons. The smallest absolute Gasteiger partial charge is 0.191 e. The van der Waals surface area contributed by atoms with Crippen molar-refractivity contribution in [3.63, 3.8) is 0 Å². The Morgan fingerprint density at radius 3 is 2.89 bits per heavy atom. The Morgan fingerprint density at radius 2 is 2.22 bits per heavy atom. The van der Waals surface area contributed by atoms with Crippen LogP contribution in [0.4, 0.5) is 0 Å². The SMILES string of the molecule is COC1(OC)C=CC=C(CCCn2cccn2)C1. The molecule has 4 nitrogen and oxygen atoms in total. The van der Waals surface area contributed by atoms with E-state index in [-0.39, 0.29) is 0 Å². The molecule has 0 N–H and O–H groups in total. The van der Waals surface area contributed by atoms with Crippen molar-refractivity contribution in [1.29, 1.82) is 0 Å². The lowest BCUT2D eigenvalue weighted by Crippen LogP contribution is -2.33. The van der Waals surface area contributed by atoms with Crippen LogP contribution in [0.25, 0.3) is 0 Å². The van der Waals surface area contributed by atoms with Gasteiger partial charge in [-0.3, -0.25) is 4.68 Å². The Kier molecular flexibility index (Phi) is 4.33. The fourth-order valence-electron chi connectivity index (χ4n) is 2.20. The number of rotatable bonds is 6. The van der Waals surface area contributed by atoms with E-state index in [9.17, 15) is 0 Å². The molecule has 0 aromatic carbocycles. The van der Waals surface area contributed by atoms with Gasteiger partial charge in [0.2, 0.25) is 0 Å². The molecule has 0 amide bonds. The lowest BCUT2D eigenvalue weighted by molar-refractivity contribution is -0.169. The molecule has 1 aliphatic rings. The van der Waals surface area contributed by atoms with E-state index in [1.807, 2.05) is 35.3 Å². The maximum absolute atomic E-state index is 5.44. The number of hydrogen-bond donors (Lipinski definition) is 0. The summed E-state index contributed by atoms with van der Waals surface area (Å²) in [4.78, 5) is 0. The van der Waals surface area contributed by atoms with Gasteiger partial charge in [0.05, 0.1) is 0 Å². The van der Waals surface area contributed by atoms with Gasteiger partial charge < -0.3 is 9.47 Å². The molecular formula is C14H20N2O2. The Morgan fingerprint density at radius 1 is 1.39 bits per heavy atom. The largest absolute Gasteiger partial charge is 0.349 e. The average molecular weight is 248 g/mol. The fraction of sp³-hybridized carbons (Fsp3) is 0.500. The van der Waals surface area contributed by atoms with Crippen molar-refractivity contribution >= 4 is 0 Å². The summed E-state index contributed by atoms with van der Waals surface area (Å²) in [6.45, 7) is 0.945. The van der Waals surface area contributed by atoms with Crippen molar-refractivity contribution in [3.05, 3.63) is 42.3 Å². The van der Waals surface area contributed by atoms with Gasteiger partial charge >= 0.3 is 0 Å². The molecule has 1 heterocycles. The minimum absolute atomic E-state index is 0.574. The van der Waals surface area contributed by atoms with Gasteiger partial charge in [-0.15, -0.1) is 0 Å². The van der Waals surface area contributed by atoms with E-state index in [0.29, 0.717) is 0 Å². The topological polar surface area (TPSA) is 36.3 Å². The van der Waals surface area contributed by atoms with Crippen LogP contribution in [0.15, 0.2) is 42.3 Å². The number of ether oxygens (including phenoxy) is 2. The third-order valence-corrected chi connectivity index (χ3v) is 3.29. The summed E-state index contributed by atoms with van der Waals surface area (Å²) >= 11 is 0. The monoisotopic (exact) mass is 248 g/mol. The molecule has 0 radical (unpaired) electrons. The molecule has 0 bridgehead atoms. The van der Waals surface area contributed by atoms with Gasteiger partial charge in [-0.2, -0.15) is 5.10 Å². The molecule has 0 saturated heterocycles. The molecule has 0 spiro atoms. The second-order valence-electron chi connectivity index (χ2n) is 4.45. The first-order valence-electron chi connectivity index (χ1n) is 6.23. The summed E-state index contributed by atoms with van der Waals surface area (Å²) in [5.74, 6) is -0.574. The molecule has 18 heavy (non-hydrogen) atoms. The molecule has 0 fully saturated rings. The molecule has 0 unspecified atom stereocenters. The van der Waals surface area contributed by atoms with Crippen LogP contribution in [0.3, 0.4) is 0 Å². The molecule has 0 aliphatic heterocycles. The zero-order valence-electron chi connectivity index (χ0n) is 11.0. The second kappa shape index (κ2) is 5.98. The summed E-state index contributed by atoms with van der Waals surface area (Å²) in [6, 6.07) is 1.95. The standard InChI is InChI=1S/C14H20N2O2/c1-17-14(18-2)8-3-6-13(12-14)7-4-10-16-11-5-9-15-16/h3,5-6,8-9,11H,4,7,10,12H2,1-2H3. The number of allylic oxidation sites excluding steroid dienone is 2. The van der Waals surface area contributed by atoms with Crippen LogP contribution in [0.5, 0.6) is 0 Å².